The Morgan fingerprint density at radius 3 is 2.54 bits per heavy atom. The molecule has 0 radical (unpaired) electrons. The summed E-state index contributed by atoms with van der Waals surface area (Å²) in [6.45, 7) is 5.47. The van der Waals surface area contributed by atoms with Gasteiger partial charge in [0.2, 0.25) is 0 Å². The third-order valence-electron chi connectivity index (χ3n) is 2.08. The molecule has 13 heavy (non-hydrogen) atoms. The summed E-state index contributed by atoms with van der Waals surface area (Å²) in [5.41, 5.74) is 0. The van der Waals surface area contributed by atoms with Crippen molar-refractivity contribution in [2.24, 2.45) is 0 Å². The van der Waals surface area contributed by atoms with Crippen LogP contribution < -0.4 is 0 Å². The van der Waals surface area contributed by atoms with Crippen LogP contribution in [0.25, 0.3) is 0 Å². The smallest absolute Gasteiger partial charge is 0.309 e. The molecule has 0 aliphatic rings. The monoisotopic (exact) mass is 188 g/mol. The predicted molar refractivity (Wildman–Crippen MR) is 50.3 cm³/mol. The Morgan fingerprint density at radius 1 is 1.54 bits per heavy atom. The van der Waals surface area contributed by atoms with Gasteiger partial charge in [0.1, 0.15) is 6.54 Å². The largest absolute Gasteiger partial charge is 0.481 e. The molecule has 4 nitrogen and oxygen atoms in total. The number of carboxylic acid groups (broad SMARTS) is 1. The molecule has 0 aliphatic carbocycles. The highest BCUT2D eigenvalue weighted by molar-refractivity contribution is 5.66. The topological polar surface area (TPSA) is 57.5 Å². The highest BCUT2D eigenvalue weighted by Crippen LogP contribution is 2.03. The van der Waals surface area contributed by atoms with Crippen LogP contribution in [-0.4, -0.2) is 54.0 Å². The molecule has 76 valence electrons. The van der Waals surface area contributed by atoms with Gasteiger partial charge in [0, 0.05) is 0 Å². The Bertz CT molecular complexity index is 182. The van der Waals surface area contributed by atoms with Gasteiger partial charge in [-0.3, -0.25) is 4.79 Å². The van der Waals surface area contributed by atoms with Crippen LogP contribution in [0.3, 0.4) is 0 Å². The maximum Gasteiger partial charge on any atom is 0.309 e. The lowest BCUT2D eigenvalue weighted by Crippen LogP contribution is -2.47. The summed E-state index contributed by atoms with van der Waals surface area (Å²) in [6, 6.07) is 0. The van der Waals surface area contributed by atoms with Crippen LogP contribution in [0, 0.1) is 0 Å². The summed E-state index contributed by atoms with van der Waals surface area (Å²) in [4.78, 5) is 10.4. The van der Waals surface area contributed by atoms with E-state index in [0.717, 1.165) is 0 Å². The first-order chi connectivity index (χ1) is 6.04. The van der Waals surface area contributed by atoms with E-state index in [1.165, 1.54) is 0 Å². The van der Waals surface area contributed by atoms with E-state index in [2.05, 4.69) is 6.58 Å². The molecule has 0 rings (SSSR count). The molecule has 0 aromatic carbocycles. The van der Waals surface area contributed by atoms with Crippen LogP contribution in [0.5, 0.6) is 0 Å². The molecular weight excluding hydrogens is 170 g/mol. The van der Waals surface area contributed by atoms with E-state index in [4.69, 9.17) is 10.2 Å². The number of hydrogen-bond donors (Lipinski definition) is 2. The molecule has 0 fully saturated rings. The van der Waals surface area contributed by atoms with E-state index in [9.17, 15) is 4.79 Å². The zero-order valence-corrected chi connectivity index (χ0v) is 8.07. The summed E-state index contributed by atoms with van der Waals surface area (Å²) in [6.07, 6.45) is 1.88. The fourth-order valence-electron chi connectivity index (χ4n) is 1.21. The van der Waals surface area contributed by atoms with Crippen molar-refractivity contribution in [2.45, 2.75) is 6.42 Å². The Morgan fingerprint density at radius 2 is 2.15 bits per heavy atom. The van der Waals surface area contributed by atoms with E-state index in [1.54, 1.807) is 6.08 Å². The number of aliphatic carboxylic acids is 1. The molecule has 0 bridgehead atoms. The molecule has 0 aromatic rings. The molecule has 4 heteroatoms. The van der Waals surface area contributed by atoms with Crippen LogP contribution in [0.4, 0.5) is 0 Å². The van der Waals surface area contributed by atoms with Gasteiger partial charge in [0.05, 0.1) is 33.2 Å². The third kappa shape index (κ3) is 5.38. The fraction of sp³-hybridized carbons (Fsp3) is 0.667. The van der Waals surface area contributed by atoms with Crippen molar-refractivity contribution < 1.29 is 19.5 Å². The first kappa shape index (κ1) is 12.1. The average Bonchev–Trinajstić information content (AvgIpc) is 2.02. The lowest BCUT2D eigenvalue weighted by atomic mass is 10.3. The van der Waals surface area contributed by atoms with Crippen LogP contribution in [0.1, 0.15) is 6.42 Å². The summed E-state index contributed by atoms with van der Waals surface area (Å²) >= 11 is 0. The summed E-state index contributed by atoms with van der Waals surface area (Å²) in [7, 11) is 1.92. The van der Waals surface area contributed by atoms with Crippen molar-refractivity contribution in [1.82, 2.24) is 0 Å². The molecule has 0 saturated carbocycles. The zero-order chi connectivity index (χ0) is 10.3. The quantitative estimate of drug-likeness (QED) is 0.439. The molecule has 0 spiro atoms. The Kier molecular flexibility index (Phi) is 5.34. The van der Waals surface area contributed by atoms with E-state index < -0.39 is 5.97 Å². The Hall–Kier alpha value is -0.870. The van der Waals surface area contributed by atoms with Crippen molar-refractivity contribution in [3.63, 3.8) is 0 Å². The van der Waals surface area contributed by atoms with E-state index in [0.29, 0.717) is 24.1 Å². The zero-order valence-electron chi connectivity index (χ0n) is 8.07. The summed E-state index contributed by atoms with van der Waals surface area (Å²) in [5.74, 6) is -0.800. The van der Waals surface area contributed by atoms with Crippen molar-refractivity contribution in [1.29, 1.82) is 0 Å². The highest BCUT2D eigenvalue weighted by Gasteiger charge is 2.19. The Balaban J connectivity index is 4.05. The first-order valence-corrected chi connectivity index (χ1v) is 4.31. The first-order valence-electron chi connectivity index (χ1n) is 4.31. The van der Waals surface area contributed by atoms with Crippen molar-refractivity contribution >= 4 is 5.97 Å². The molecule has 0 heterocycles. The average molecular weight is 188 g/mol. The fourth-order valence-corrected chi connectivity index (χ4v) is 1.21. The van der Waals surface area contributed by atoms with Gasteiger partial charge in [-0.1, -0.05) is 6.58 Å². The van der Waals surface area contributed by atoms with Crippen molar-refractivity contribution in [3.8, 4) is 0 Å². The maximum atomic E-state index is 10.4. The SMILES string of the molecule is C=CC[N+](C)(CCO)CCC(=O)O. The molecule has 0 aliphatic heterocycles. The van der Waals surface area contributed by atoms with Gasteiger partial charge in [-0.05, 0) is 6.08 Å². The summed E-state index contributed by atoms with van der Waals surface area (Å²) < 4.78 is 0.534. The second-order valence-corrected chi connectivity index (χ2v) is 3.41. The minimum Gasteiger partial charge on any atom is -0.481 e. The summed E-state index contributed by atoms with van der Waals surface area (Å²) in [5, 5.41) is 17.3. The van der Waals surface area contributed by atoms with E-state index >= 15 is 0 Å². The van der Waals surface area contributed by atoms with Gasteiger partial charge < -0.3 is 14.7 Å². The lowest BCUT2D eigenvalue weighted by molar-refractivity contribution is -0.903. The second kappa shape index (κ2) is 5.72. The second-order valence-electron chi connectivity index (χ2n) is 3.41. The number of quaternary nitrogens is 1. The van der Waals surface area contributed by atoms with Crippen LogP contribution >= 0.6 is 0 Å². The normalized spacial score (nSPS) is 14.9. The van der Waals surface area contributed by atoms with Gasteiger partial charge in [0.25, 0.3) is 0 Å². The van der Waals surface area contributed by atoms with Gasteiger partial charge in [-0.2, -0.15) is 0 Å². The van der Waals surface area contributed by atoms with Crippen LogP contribution in [-0.2, 0) is 4.79 Å². The van der Waals surface area contributed by atoms with Crippen LogP contribution in [0.2, 0.25) is 0 Å². The molecule has 0 amide bonds. The van der Waals surface area contributed by atoms with Crippen molar-refractivity contribution in [2.75, 3.05) is 33.3 Å². The molecule has 1 atom stereocenters. The van der Waals surface area contributed by atoms with E-state index in [-0.39, 0.29) is 13.0 Å². The van der Waals surface area contributed by atoms with Crippen molar-refractivity contribution in [3.05, 3.63) is 12.7 Å². The number of nitrogens with zero attached hydrogens (tertiary/aromatic N) is 1. The van der Waals surface area contributed by atoms with Gasteiger partial charge in [-0.25, -0.2) is 0 Å². The standard InChI is InChI=1S/C9H17NO3/c1-3-5-10(2,7-8-11)6-4-9(12)13/h3,11H,1,4-8H2,2H3/p+1. The number of carbonyl (C=O) groups is 1. The molecule has 2 N–H and O–H groups in total. The Labute approximate surface area is 78.7 Å². The molecule has 0 aromatic heterocycles. The molecule has 1 unspecified atom stereocenters. The van der Waals surface area contributed by atoms with Crippen LogP contribution in [0.15, 0.2) is 12.7 Å². The molecular formula is C9H18NO3+. The maximum absolute atomic E-state index is 10.4. The highest BCUT2D eigenvalue weighted by atomic mass is 16.4. The number of aliphatic hydroxyl groups is 1. The third-order valence-corrected chi connectivity index (χ3v) is 2.08. The number of carboxylic acids is 1. The number of aliphatic hydroxyl groups excluding tert-OH is 1. The minimum atomic E-state index is -0.800. The number of rotatable bonds is 7. The predicted octanol–water partition coefficient (Wildman–Crippen LogP) is 0.0860. The van der Waals surface area contributed by atoms with E-state index in [1.807, 2.05) is 7.05 Å². The number of hydrogen-bond acceptors (Lipinski definition) is 2. The van der Waals surface area contributed by atoms with Gasteiger partial charge in [-0.15, -0.1) is 0 Å². The lowest BCUT2D eigenvalue weighted by Gasteiger charge is -2.32. The number of likely N-dealkylation sites (N-methyl/N-ethyl adjacent to an activating group) is 1. The van der Waals surface area contributed by atoms with Gasteiger partial charge in [0.15, 0.2) is 0 Å². The minimum absolute atomic E-state index is 0.0734. The molecule has 0 saturated heterocycles. The van der Waals surface area contributed by atoms with Gasteiger partial charge >= 0.3 is 5.97 Å².